The summed E-state index contributed by atoms with van der Waals surface area (Å²) in [5.74, 6) is 2.19. The van der Waals surface area contributed by atoms with Crippen molar-refractivity contribution in [3.8, 4) is 22.8 Å². The van der Waals surface area contributed by atoms with Gasteiger partial charge in [-0.3, -0.25) is 9.20 Å². The van der Waals surface area contributed by atoms with Crippen molar-refractivity contribution in [2.75, 3.05) is 19.5 Å². The standard InChI is InChI=1S/C25H33N3O3/c1-16-10-11-28-21(12-16)26-23(18-8-9-19(30-6)20(14-18)31-7)24(28)27-22(29)13-17(2)15-25(3,4)5/h8-12,14,17H,13,15H2,1-7H3,(H,27,29)/t17-/m1/s1. The number of hydrogen-bond acceptors (Lipinski definition) is 4. The van der Waals surface area contributed by atoms with E-state index in [1.54, 1.807) is 14.2 Å². The third-order valence-corrected chi connectivity index (χ3v) is 5.19. The summed E-state index contributed by atoms with van der Waals surface area (Å²) in [5, 5.41) is 3.12. The molecule has 6 heteroatoms. The summed E-state index contributed by atoms with van der Waals surface area (Å²) in [6, 6.07) is 9.66. The lowest BCUT2D eigenvalue weighted by molar-refractivity contribution is -0.117. The Labute approximate surface area is 184 Å². The molecule has 1 amide bonds. The van der Waals surface area contributed by atoms with Gasteiger partial charge in [0.05, 0.1) is 14.2 Å². The normalized spacial score (nSPS) is 12.6. The summed E-state index contributed by atoms with van der Waals surface area (Å²) < 4.78 is 12.7. The summed E-state index contributed by atoms with van der Waals surface area (Å²) in [7, 11) is 3.21. The Morgan fingerprint density at radius 2 is 1.84 bits per heavy atom. The Morgan fingerprint density at radius 3 is 2.48 bits per heavy atom. The Balaban J connectivity index is 1.99. The molecule has 0 aliphatic rings. The van der Waals surface area contributed by atoms with Gasteiger partial charge in [-0.15, -0.1) is 0 Å². The van der Waals surface area contributed by atoms with Crippen LogP contribution in [0.3, 0.4) is 0 Å². The molecule has 2 aromatic heterocycles. The Kier molecular flexibility index (Phi) is 6.58. The average Bonchev–Trinajstić information content (AvgIpc) is 3.02. The molecule has 0 saturated heterocycles. The number of nitrogens with zero attached hydrogens (tertiary/aromatic N) is 2. The van der Waals surface area contributed by atoms with E-state index in [4.69, 9.17) is 14.5 Å². The molecule has 0 bridgehead atoms. The predicted molar refractivity (Wildman–Crippen MR) is 125 cm³/mol. The minimum absolute atomic E-state index is 0.0131. The number of amides is 1. The molecule has 1 atom stereocenters. The maximum absolute atomic E-state index is 12.9. The van der Waals surface area contributed by atoms with Crippen LogP contribution in [-0.2, 0) is 4.79 Å². The smallest absolute Gasteiger partial charge is 0.225 e. The van der Waals surface area contributed by atoms with E-state index >= 15 is 0 Å². The number of rotatable bonds is 7. The first kappa shape index (κ1) is 22.7. The molecule has 0 aliphatic carbocycles. The molecule has 6 nitrogen and oxygen atoms in total. The van der Waals surface area contributed by atoms with Gasteiger partial charge in [0.25, 0.3) is 0 Å². The van der Waals surface area contributed by atoms with Crippen molar-refractivity contribution in [1.29, 1.82) is 0 Å². The molecule has 1 N–H and O–H groups in total. The number of methoxy groups -OCH3 is 2. The zero-order chi connectivity index (χ0) is 22.8. The van der Waals surface area contributed by atoms with Gasteiger partial charge in [0.2, 0.25) is 5.91 Å². The van der Waals surface area contributed by atoms with Crippen molar-refractivity contribution in [3.63, 3.8) is 0 Å². The van der Waals surface area contributed by atoms with Crippen molar-refractivity contribution in [3.05, 3.63) is 42.1 Å². The van der Waals surface area contributed by atoms with Gasteiger partial charge >= 0.3 is 0 Å². The monoisotopic (exact) mass is 423 g/mol. The summed E-state index contributed by atoms with van der Waals surface area (Å²) in [5.41, 5.74) is 3.61. The van der Waals surface area contributed by atoms with E-state index in [1.807, 2.05) is 47.9 Å². The minimum atomic E-state index is -0.0131. The molecule has 0 spiro atoms. The van der Waals surface area contributed by atoms with Gasteiger partial charge in [0, 0.05) is 18.2 Å². The van der Waals surface area contributed by atoms with Crippen molar-refractivity contribution >= 4 is 17.4 Å². The first-order valence-electron chi connectivity index (χ1n) is 10.6. The van der Waals surface area contributed by atoms with Gasteiger partial charge in [0.1, 0.15) is 17.2 Å². The van der Waals surface area contributed by atoms with E-state index in [2.05, 4.69) is 33.0 Å². The van der Waals surface area contributed by atoms with Gasteiger partial charge in [-0.2, -0.15) is 0 Å². The van der Waals surface area contributed by atoms with E-state index in [0.717, 1.165) is 23.2 Å². The molecular weight excluding hydrogens is 390 g/mol. The zero-order valence-corrected chi connectivity index (χ0v) is 19.6. The van der Waals surface area contributed by atoms with Crippen LogP contribution in [0.1, 0.15) is 46.1 Å². The van der Waals surface area contributed by atoms with E-state index in [1.165, 1.54) is 0 Å². The molecule has 0 radical (unpaired) electrons. The third-order valence-electron chi connectivity index (χ3n) is 5.19. The molecule has 0 unspecified atom stereocenters. The van der Waals surface area contributed by atoms with E-state index < -0.39 is 0 Å². The highest BCUT2D eigenvalue weighted by Gasteiger charge is 2.21. The summed E-state index contributed by atoms with van der Waals surface area (Å²) in [6.45, 7) is 10.7. The number of fused-ring (bicyclic) bond motifs is 1. The van der Waals surface area contributed by atoms with Crippen LogP contribution in [0.25, 0.3) is 16.9 Å². The number of aromatic nitrogens is 2. The largest absolute Gasteiger partial charge is 0.493 e. The third kappa shape index (κ3) is 5.37. The van der Waals surface area contributed by atoms with Crippen LogP contribution < -0.4 is 14.8 Å². The number of anilines is 1. The molecule has 2 heterocycles. The Bertz CT molecular complexity index is 1080. The number of hydrogen-bond donors (Lipinski definition) is 1. The second kappa shape index (κ2) is 9.00. The van der Waals surface area contributed by atoms with Crippen molar-refractivity contribution in [2.24, 2.45) is 11.3 Å². The molecule has 0 saturated carbocycles. The predicted octanol–water partition coefficient (Wildman–Crippen LogP) is 5.73. The fourth-order valence-electron chi connectivity index (χ4n) is 4.07. The lowest BCUT2D eigenvalue weighted by Gasteiger charge is -2.22. The van der Waals surface area contributed by atoms with Crippen LogP contribution in [0.15, 0.2) is 36.5 Å². The fourth-order valence-corrected chi connectivity index (χ4v) is 4.07. The molecule has 31 heavy (non-hydrogen) atoms. The second-order valence-corrected chi connectivity index (χ2v) is 9.43. The maximum atomic E-state index is 12.9. The number of benzene rings is 1. The highest BCUT2D eigenvalue weighted by molar-refractivity contribution is 5.95. The first-order valence-corrected chi connectivity index (χ1v) is 10.6. The molecule has 3 rings (SSSR count). The van der Waals surface area contributed by atoms with Gasteiger partial charge in [-0.1, -0.05) is 27.7 Å². The van der Waals surface area contributed by atoms with Crippen molar-refractivity contribution < 1.29 is 14.3 Å². The van der Waals surface area contributed by atoms with Crippen LogP contribution in [-0.4, -0.2) is 29.5 Å². The Hall–Kier alpha value is -3.02. The lowest BCUT2D eigenvalue weighted by atomic mass is 9.84. The maximum Gasteiger partial charge on any atom is 0.225 e. The topological polar surface area (TPSA) is 64.9 Å². The van der Waals surface area contributed by atoms with Crippen LogP contribution in [0, 0.1) is 18.3 Å². The van der Waals surface area contributed by atoms with Crippen LogP contribution in [0.4, 0.5) is 5.82 Å². The number of pyridine rings is 1. The number of aryl methyl sites for hydroxylation is 1. The van der Waals surface area contributed by atoms with Gasteiger partial charge in [-0.25, -0.2) is 4.98 Å². The molecular formula is C25H33N3O3. The van der Waals surface area contributed by atoms with Crippen molar-refractivity contribution in [1.82, 2.24) is 9.38 Å². The fraction of sp³-hybridized carbons (Fsp3) is 0.440. The molecule has 0 aliphatic heterocycles. The highest BCUT2D eigenvalue weighted by atomic mass is 16.5. The number of carbonyl (C=O) groups is 1. The SMILES string of the molecule is COc1ccc(-c2nc3cc(C)ccn3c2NC(=O)C[C@@H](C)CC(C)(C)C)cc1OC. The number of ether oxygens (including phenoxy) is 2. The van der Waals surface area contributed by atoms with Crippen LogP contribution in [0.2, 0.25) is 0 Å². The van der Waals surface area contributed by atoms with Crippen LogP contribution in [0.5, 0.6) is 11.5 Å². The second-order valence-electron chi connectivity index (χ2n) is 9.43. The van der Waals surface area contributed by atoms with E-state index in [0.29, 0.717) is 29.4 Å². The summed E-state index contributed by atoms with van der Waals surface area (Å²) in [6.07, 6.45) is 3.38. The molecule has 1 aromatic carbocycles. The van der Waals surface area contributed by atoms with Gasteiger partial charge in [-0.05, 0) is 60.6 Å². The minimum Gasteiger partial charge on any atom is -0.493 e. The Morgan fingerprint density at radius 1 is 1.13 bits per heavy atom. The molecule has 0 fully saturated rings. The van der Waals surface area contributed by atoms with E-state index in [9.17, 15) is 4.79 Å². The average molecular weight is 424 g/mol. The first-order chi connectivity index (χ1) is 14.6. The van der Waals surface area contributed by atoms with Gasteiger partial charge in [0.15, 0.2) is 11.5 Å². The number of carbonyl (C=O) groups excluding carboxylic acids is 1. The quantitative estimate of drug-likeness (QED) is 0.527. The molecule has 3 aromatic rings. The highest BCUT2D eigenvalue weighted by Crippen LogP contribution is 2.36. The van der Waals surface area contributed by atoms with Gasteiger partial charge < -0.3 is 14.8 Å². The number of imidazole rings is 1. The van der Waals surface area contributed by atoms with Crippen LogP contribution >= 0.6 is 0 Å². The lowest BCUT2D eigenvalue weighted by Crippen LogP contribution is -2.19. The zero-order valence-electron chi connectivity index (χ0n) is 19.6. The van der Waals surface area contributed by atoms with Crippen molar-refractivity contribution in [2.45, 2.75) is 47.5 Å². The molecule has 166 valence electrons. The summed E-state index contributed by atoms with van der Waals surface area (Å²) >= 11 is 0. The summed E-state index contributed by atoms with van der Waals surface area (Å²) in [4.78, 5) is 17.7. The number of nitrogens with one attached hydrogen (secondary N) is 1. The van der Waals surface area contributed by atoms with E-state index in [-0.39, 0.29) is 17.2 Å².